The predicted molar refractivity (Wildman–Crippen MR) is 68.2 cm³/mol. The SMILES string of the molecule is COCCCN=C(NN)N(C)C(C)C(C)C. The number of nitrogens with one attached hydrogen (secondary N) is 1. The van der Waals surface area contributed by atoms with Gasteiger partial charge in [-0.05, 0) is 19.3 Å². The number of methoxy groups -OCH3 is 1. The summed E-state index contributed by atoms with van der Waals surface area (Å²) < 4.78 is 4.97. The molecule has 0 aliphatic carbocycles. The minimum atomic E-state index is 0.400. The fraction of sp³-hybridized carbons (Fsp3) is 0.909. The number of rotatable bonds is 6. The van der Waals surface area contributed by atoms with E-state index in [1.807, 2.05) is 7.05 Å². The van der Waals surface area contributed by atoms with Crippen LogP contribution in [0.25, 0.3) is 0 Å². The highest BCUT2D eigenvalue weighted by molar-refractivity contribution is 5.79. The van der Waals surface area contributed by atoms with Gasteiger partial charge in [0.2, 0.25) is 5.96 Å². The highest BCUT2D eigenvalue weighted by Gasteiger charge is 2.15. The van der Waals surface area contributed by atoms with Gasteiger partial charge in [-0.2, -0.15) is 0 Å². The predicted octanol–water partition coefficient (Wildman–Crippen LogP) is 0.819. The van der Waals surface area contributed by atoms with E-state index in [-0.39, 0.29) is 0 Å². The van der Waals surface area contributed by atoms with E-state index in [4.69, 9.17) is 10.6 Å². The van der Waals surface area contributed by atoms with Crippen molar-refractivity contribution >= 4 is 5.96 Å². The molecular weight excluding hydrogens is 204 g/mol. The Morgan fingerprint density at radius 2 is 2.06 bits per heavy atom. The minimum absolute atomic E-state index is 0.400. The maximum absolute atomic E-state index is 5.47. The lowest BCUT2D eigenvalue weighted by molar-refractivity contribution is 0.196. The molecule has 0 saturated heterocycles. The fourth-order valence-electron chi connectivity index (χ4n) is 1.29. The quantitative estimate of drug-likeness (QED) is 0.233. The first kappa shape index (κ1) is 15.2. The van der Waals surface area contributed by atoms with Gasteiger partial charge in [0.15, 0.2) is 0 Å². The Balaban J connectivity index is 4.24. The van der Waals surface area contributed by atoms with Gasteiger partial charge in [-0.15, -0.1) is 0 Å². The van der Waals surface area contributed by atoms with Crippen molar-refractivity contribution in [2.75, 3.05) is 27.3 Å². The number of guanidine groups is 1. The van der Waals surface area contributed by atoms with Crippen LogP contribution in [0.5, 0.6) is 0 Å². The molecule has 0 aromatic rings. The molecule has 5 heteroatoms. The summed E-state index contributed by atoms with van der Waals surface area (Å²) in [5, 5.41) is 0. The number of ether oxygens (including phenoxy) is 1. The first-order valence-electron chi connectivity index (χ1n) is 5.77. The van der Waals surface area contributed by atoms with Gasteiger partial charge < -0.3 is 9.64 Å². The van der Waals surface area contributed by atoms with Crippen LogP contribution >= 0.6 is 0 Å². The molecule has 16 heavy (non-hydrogen) atoms. The van der Waals surface area contributed by atoms with Crippen molar-refractivity contribution in [1.82, 2.24) is 10.3 Å². The molecule has 1 atom stereocenters. The highest BCUT2D eigenvalue weighted by Crippen LogP contribution is 2.07. The fourth-order valence-corrected chi connectivity index (χ4v) is 1.29. The lowest BCUT2D eigenvalue weighted by Gasteiger charge is -2.30. The zero-order valence-electron chi connectivity index (χ0n) is 11.2. The Hall–Kier alpha value is -0.810. The summed E-state index contributed by atoms with van der Waals surface area (Å²) in [7, 11) is 3.69. The third-order valence-corrected chi connectivity index (χ3v) is 2.81. The smallest absolute Gasteiger partial charge is 0.208 e. The maximum Gasteiger partial charge on any atom is 0.208 e. The topological polar surface area (TPSA) is 62.9 Å². The number of aliphatic imine (C=N–C) groups is 1. The summed E-state index contributed by atoms with van der Waals surface area (Å²) in [6, 6.07) is 0.400. The number of hydrazine groups is 1. The molecule has 0 spiro atoms. The zero-order chi connectivity index (χ0) is 12.6. The summed E-state index contributed by atoms with van der Waals surface area (Å²) in [4.78, 5) is 6.48. The van der Waals surface area contributed by atoms with Gasteiger partial charge in [0.1, 0.15) is 0 Å². The van der Waals surface area contributed by atoms with Crippen LogP contribution in [0.15, 0.2) is 4.99 Å². The molecule has 0 aliphatic rings. The van der Waals surface area contributed by atoms with Crippen molar-refractivity contribution in [2.24, 2.45) is 16.8 Å². The van der Waals surface area contributed by atoms with E-state index >= 15 is 0 Å². The maximum atomic E-state index is 5.47. The van der Waals surface area contributed by atoms with Crippen LogP contribution in [-0.4, -0.2) is 44.2 Å². The molecule has 3 N–H and O–H groups in total. The summed E-state index contributed by atoms with van der Waals surface area (Å²) in [5.41, 5.74) is 2.65. The Kier molecular flexibility index (Phi) is 7.93. The molecule has 0 aromatic heterocycles. The molecule has 0 aliphatic heterocycles. The minimum Gasteiger partial charge on any atom is -0.385 e. The van der Waals surface area contributed by atoms with Crippen molar-refractivity contribution < 1.29 is 4.74 Å². The molecule has 96 valence electrons. The van der Waals surface area contributed by atoms with Gasteiger partial charge in [0, 0.05) is 33.4 Å². The van der Waals surface area contributed by atoms with Crippen LogP contribution in [-0.2, 0) is 4.74 Å². The van der Waals surface area contributed by atoms with E-state index < -0.39 is 0 Å². The van der Waals surface area contributed by atoms with Crippen molar-refractivity contribution in [3.8, 4) is 0 Å². The van der Waals surface area contributed by atoms with Crippen LogP contribution in [0, 0.1) is 5.92 Å². The number of hydrogen-bond acceptors (Lipinski definition) is 3. The van der Waals surface area contributed by atoms with Crippen LogP contribution in [0.1, 0.15) is 27.2 Å². The molecule has 0 rings (SSSR count). The van der Waals surface area contributed by atoms with E-state index in [0.717, 1.165) is 25.5 Å². The second-order valence-electron chi connectivity index (χ2n) is 4.29. The second kappa shape index (κ2) is 8.35. The largest absolute Gasteiger partial charge is 0.385 e. The Morgan fingerprint density at radius 1 is 1.44 bits per heavy atom. The highest BCUT2D eigenvalue weighted by atomic mass is 16.5. The van der Waals surface area contributed by atoms with Gasteiger partial charge >= 0.3 is 0 Å². The average molecular weight is 230 g/mol. The van der Waals surface area contributed by atoms with Crippen LogP contribution in [0.2, 0.25) is 0 Å². The normalized spacial score (nSPS) is 14.1. The number of nitrogens with two attached hydrogens (primary N) is 1. The molecule has 1 unspecified atom stereocenters. The van der Waals surface area contributed by atoms with E-state index in [9.17, 15) is 0 Å². The van der Waals surface area contributed by atoms with E-state index in [0.29, 0.717) is 12.0 Å². The van der Waals surface area contributed by atoms with Crippen molar-refractivity contribution in [3.63, 3.8) is 0 Å². The molecule has 0 amide bonds. The summed E-state index contributed by atoms with van der Waals surface area (Å²) in [5.74, 6) is 6.76. The molecule has 0 saturated carbocycles. The molecular formula is C11H26N4O. The lowest BCUT2D eigenvalue weighted by Crippen LogP contribution is -2.48. The third kappa shape index (κ3) is 5.32. The van der Waals surface area contributed by atoms with Gasteiger partial charge in [0.25, 0.3) is 0 Å². The third-order valence-electron chi connectivity index (χ3n) is 2.81. The van der Waals surface area contributed by atoms with Gasteiger partial charge in [-0.25, -0.2) is 5.84 Å². The number of nitrogens with zero attached hydrogens (tertiary/aromatic N) is 2. The Labute approximate surface area is 99.0 Å². The molecule has 0 radical (unpaired) electrons. The first-order valence-corrected chi connectivity index (χ1v) is 5.77. The van der Waals surface area contributed by atoms with Crippen molar-refractivity contribution in [3.05, 3.63) is 0 Å². The van der Waals surface area contributed by atoms with Crippen molar-refractivity contribution in [2.45, 2.75) is 33.2 Å². The lowest BCUT2D eigenvalue weighted by atomic mass is 10.1. The van der Waals surface area contributed by atoms with Crippen molar-refractivity contribution in [1.29, 1.82) is 0 Å². The molecule has 0 aromatic carbocycles. The van der Waals surface area contributed by atoms with E-state index in [1.54, 1.807) is 7.11 Å². The average Bonchev–Trinajstić information content (AvgIpc) is 2.27. The zero-order valence-corrected chi connectivity index (χ0v) is 11.2. The molecule has 0 fully saturated rings. The molecule has 0 heterocycles. The van der Waals surface area contributed by atoms with Gasteiger partial charge in [0.05, 0.1) is 0 Å². The van der Waals surface area contributed by atoms with Gasteiger partial charge in [-0.3, -0.25) is 10.4 Å². The number of hydrogen-bond donors (Lipinski definition) is 2. The second-order valence-corrected chi connectivity index (χ2v) is 4.29. The standard InChI is InChI=1S/C11H26N4O/c1-9(2)10(3)15(4)11(14-12)13-7-6-8-16-5/h9-10H,6-8,12H2,1-5H3,(H,13,14). The summed E-state index contributed by atoms with van der Waals surface area (Å²) in [6.45, 7) is 7.97. The summed E-state index contributed by atoms with van der Waals surface area (Å²) >= 11 is 0. The molecule has 5 nitrogen and oxygen atoms in total. The monoisotopic (exact) mass is 230 g/mol. The summed E-state index contributed by atoms with van der Waals surface area (Å²) in [6.07, 6.45) is 0.908. The van der Waals surface area contributed by atoms with Crippen LogP contribution in [0.3, 0.4) is 0 Å². The Morgan fingerprint density at radius 3 is 2.50 bits per heavy atom. The Bertz CT molecular complexity index is 206. The van der Waals surface area contributed by atoms with Crippen LogP contribution in [0.4, 0.5) is 0 Å². The van der Waals surface area contributed by atoms with Crippen LogP contribution < -0.4 is 11.3 Å². The van der Waals surface area contributed by atoms with E-state index in [2.05, 4.69) is 36.1 Å². The van der Waals surface area contributed by atoms with Gasteiger partial charge in [-0.1, -0.05) is 13.8 Å². The first-order chi connectivity index (χ1) is 7.54. The van der Waals surface area contributed by atoms with E-state index in [1.165, 1.54) is 0 Å². The molecule has 0 bridgehead atoms.